The van der Waals surface area contributed by atoms with E-state index >= 15 is 0 Å². The summed E-state index contributed by atoms with van der Waals surface area (Å²) in [7, 11) is 0. The van der Waals surface area contributed by atoms with Crippen LogP contribution in [0.25, 0.3) is 0 Å². The Morgan fingerprint density at radius 3 is 2.61 bits per heavy atom. The third-order valence-corrected chi connectivity index (χ3v) is 5.06. The van der Waals surface area contributed by atoms with E-state index in [1.807, 2.05) is 0 Å². The van der Waals surface area contributed by atoms with Crippen molar-refractivity contribution in [2.75, 3.05) is 0 Å². The van der Waals surface area contributed by atoms with Crippen LogP contribution in [0.5, 0.6) is 0 Å². The van der Waals surface area contributed by atoms with Crippen LogP contribution in [-0.2, 0) is 6.42 Å². The van der Waals surface area contributed by atoms with Crippen LogP contribution in [0.2, 0.25) is 0 Å². The second kappa shape index (κ2) is 5.91. The average molecular weight is 244 g/mol. The summed E-state index contributed by atoms with van der Waals surface area (Å²) in [5, 5.41) is 0. The van der Waals surface area contributed by atoms with Crippen molar-refractivity contribution in [3.63, 3.8) is 0 Å². The highest BCUT2D eigenvalue weighted by atomic mass is 14.3. The minimum Gasteiger partial charge on any atom is -0.0651 e. The van der Waals surface area contributed by atoms with Gasteiger partial charge in [0.15, 0.2) is 0 Å². The van der Waals surface area contributed by atoms with Crippen LogP contribution >= 0.6 is 0 Å². The number of hydrogen-bond donors (Lipinski definition) is 0. The van der Waals surface area contributed by atoms with Crippen LogP contribution < -0.4 is 0 Å². The summed E-state index contributed by atoms with van der Waals surface area (Å²) in [5.41, 5.74) is 5.00. The molecular weight excluding hydrogens is 216 g/mol. The molecule has 0 aromatic heterocycles. The van der Waals surface area contributed by atoms with Crippen molar-refractivity contribution in [1.29, 1.82) is 0 Å². The van der Waals surface area contributed by atoms with E-state index in [-0.39, 0.29) is 0 Å². The predicted molar refractivity (Wildman–Crippen MR) is 80.3 cm³/mol. The van der Waals surface area contributed by atoms with Crippen molar-refractivity contribution in [3.05, 3.63) is 34.9 Å². The van der Waals surface area contributed by atoms with Gasteiger partial charge in [0.1, 0.15) is 0 Å². The van der Waals surface area contributed by atoms with Crippen molar-refractivity contribution in [3.8, 4) is 0 Å². The second-order valence-electron chi connectivity index (χ2n) is 6.11. The first-order valence-electron chi connectivity index (χ1n) is 7.80. The van der Waals surface area contributed by atoms with Crippen LogP contribution in [0.3, 0.4) is 0 Å². The van der Waals surface area contributed by atoms with Crippen molar-refractivity contribution in [1.82, 2.24) is 0 Å². The maximum atomic E-state index is 2.43. The van der Waals surface area contributed by atoms with Crippen LogP contribution in [0.15, 0.2) is 18.2 Å². The fraction of sp³-hybridized carbons (Fsp3) is 0.667. The Balaban J connectivity index is 2.40. The van der Waals surface area contributed by atoms with E-state index in [2.05, 4.69) is 45.9 Å². The first-order chi connectivity index (χ1) is 8.69. The molecular formula is C18H28. The zero-order valence-electron chi connectivity index (χ0n) is 12.5. The zero-order chi connectivity index (χ0) is 13.1. The van der Waals surface area contributed by atoms with Gasteiger partial charge < -0.3 is 0 Å². The lowest BCUT2D eigenvalue weighted by molar-refractivity contribution is 0.394. The van der Waals surface area contributed by atoms with E-state index in [0.29, 0.717) is 0 Å². The van der Waals surface area contributed by atoms with Gasteiger partial charge in [-0.05, 0) is 60.1 Å². The molecule has 0 heteroatoms. The second-order valence-corrected chi connectivity index (χ2v) is 6.11. The van der Waals surface area contributed by atoms with E-state index < -0.39 is 0 Å². The fourth-order valence-corrected chi connectivity index (χ4v) is 3.47. The summed E-state index contributed by atoms with van der Waals surface area (Å²) in [6, 6.07) is 7.06. The number of rotatable bonds is 4. The maximum absolute atomic E-state index is 2.43. The van der Waals surface area contributed by atoms with Gasteiger partial charge in [0.2, 0.25) is 0 Å². The maximum Gasteiger partial charge on any atom is -0.0133 e. The Morgan fingerprint density at radius 1 is 1.17 bits per heavy atom. The lowest BCUT2D eigenvalue weighted by Gasteiger charge is -2.32. The molecule has 1 aliphatic carbocycles. The van der Waals surface area contributed by atoms with Gasteiger partial charge in [-0.3, -0.25) is 0 Å². The molecule has 0 N–H and O–H groups in total. The van der Waals surface area contributed by atoms with Crippen LogP contribution in [0.1, 0.15) is 81.9 Å². The summed E-state index contributed by atoms with van der Waals surface area (Å²) in [6.07, 6.45) is 6.65. The lowest BCUT2D eigenvalue weighted by Crippen LogP contribution is -2.18. The van der Waals surface area contributed by atoms with Crippen molar-refractivity contribution in [2.24, 2.45) is 5.92 Å². The molecule has 0 radical (unpaired) electrons. The van der Waals surface area contributed by atoms with Gasteiger partial charge in [0, 0.05) is 0 Å². The third kappa shape index (κ3) is 2.48. The minimum absolute atomic E-state index is 0.718. The number of benzene rings is 1. The largest absolute Gasteiger partial charge is 0.0651 e. The van der Waals surface area contributed by atoms with Gasteiger partial charge >= 0.3 is 0 Å². The molecule has 0 bridgehead atoms. The molecule has 3 atom stereocenters. The summed E-state index contributed by atoms with van der Waals surface area (Å²) < 4.78 is 0. The molecule has 2 rings (SSSR count). The fourth-order valence-electron chi connectivity index (χ4n) is 3.47. The molecule has 18 heavy (non-hydrogen) atoms. The highest BCUT2D eigenvalue weighted by Gasteiger charge is 2.26. The third-order valence-electron chi connectivity index (χ3n) is 5.06. The first-order valence-corrected chi connectivity index (χ1v) is 7.80. The molecule has 0 heterocycles. The molecule has 0 nitrogen and oxygen atoms in total. The van der Waals surface area contributed by atoms with Gasteiger partial charge in [-0.1, -0.05) is 52.3 Å². The Hall–Kier alpha value is -0.780. The Labute approximate surface area is 113 Å². The molecule has 0 saturated heterocycles. The topological polar surface area (TPSA) is 0 Å². The van der Waals surface area contributed by atoms with Gasteiger partial charge in [0.25, 0.3) is 0 Å². The summed E-state index contributed by atoms with van der Waals surface area (Å²) in [5.74, 6) is 2.36. The Kier molecular flexibility index (Phi) is 4.48. The molecule has 0 fully saturated rings. The van der Waals surface area contributed by atoms with Gasteiger partial charge in [-0.15, -0.1) is 0 Å². The van der Waals surface area contributed by atoms with Gasteiger partial charge in [-0.2, -0.15) is 0 Å². The molecule has 1 aromatic carbocycles. The van der Waals surface area contributed by atoms with E-state index in [9.17, 15) is 0 Å². The molecule has 3 unspecified atom stereocenters. The molecule has 0 aliphatic heterocycles. The van der Waals surface area contributed by atoms with Crippen LogP contribution in [0, 0.1) is 5.92 Å². The highest BCUT2D eigenvalue weighted by Crippen LogP contribution is 2.41. The molecule has 0 saturated carbocycles. The zero-order valence-corrected chi connectivity index (χ0v) is 12.5. The van der Waals surface area contributed by atoms with Gasteiger partial charge in [-0.25, -0.2) is 0 Å². The lowest BCUT2D eigenvalue weighted by atomic mass is 9.73. The normalized spacial score (nSPS) is 22.3. The number of hydrogen-bond acceptors (Lipinski definition) is 0. The van der Waals surface area contributed by atoms with Crippen molar-refractivity contribution >= 4 is 0 Å². The summed E-state index contributed by atoms with van der Waals surface area (Å²) in [6.45, 7) is 9.44. The highest BCUT2D eigenvalue weighted by molar-refractivity contribution is 5.41. The summed E-state index contributed by atoms with van der Waals surface area (Å²) >= 11 is 0. The Bertz CT molecular complexity index is 391. The SMILES string of the molecule is CCC(C)c1cccc2c1CCCC2C(C)CC. The average Bonchev–Trinajstić information content (AvgIpc) is 2.44. The smallest absolute Gasteiger partial charge is 0.0133 e. The number of fused-ring (bicyclic) bond motifs is 1. The van der Waals surface area contributed by atoms with E-state index in [0.717, 1.165) is 17.8 Å². The minimum atomic E-state index is 0.718. The predicted octanol–water partition coefficient (Wildman–Crippen LogP) is 5.67. The molecule has 0 amide bonds. The molecule has 100 valence electrons. The van der Waals surface area contributed by atoms with Gasteiger partial charge in [0.05, 0.1) is 0 Å². The summed E-state index contributed by atoms with van der Waals surface area (Å²) in [4.78, 5) is 0. The standard InChI is InChI=1S/C18H28/c1-5-13(3)15-9-7-12-18-16(14(4)6-2)10-8-11-17(15)18/h7,9,12-14,16H,5-6,8,10-11H2,1-4H3. The molecule has 1 aliphatic rings. The van der Waals surface area contributed by atoms with Crippen molar-refractivity contribution in [2.45, 2.75) is 71.6 Å². The van der Waals surface area contributed by atoms with Crippen molar-refractivity contribution < 1.29 is 0 Å². The molecule has 0 spiro atoms. The van der Waals surface area contributed by atoms with Crippen LogP contribution in [-0.4, -0.2) is 0 Å². The molecule has 1 aromatic rings. The first kappa shape index (κ1) is 13.6. The van der Waals surface area contributed by atoms with E-state index in [1.54, 1.807) is 16.7 Å². The Morgan fingerprint density at radius 2 is 1.94 bits per heavy atom. The van der Waals surface area contributed by atoms with Crippen LogP contribution in [0.4, 0.5) is 0 Å². The quantitative estimate of drug-likeness (QED) is 0.640. The van der Waals surface area contributed by atoms with E-state index in [4.69, 9.17) is 0 Å². The monoisotopic (exact) mass is 244 g/mol. The van der Waals surface area contributed by atoms with E-state index in [1.165, 1.54) is 32.1 Å².